The van der Waals surface area contributed by atoms with E-state index in [1.165, 1.54) is 4.90 Å². The van der Waals surface area contributed by atoms with Crippen molar-refractivity contribution in [1.29, 1.82) is 0 Å². The van der Waals surface area contributed by atoms with Crippen LogP contribution < -0.4 is 10.2 Å². The van der Waals surface area contributed by atoms with Gasteiger partial charge >= 0.3 is 0 Å². The first kappa shape index (κ1) is 19.9. The summed E-state index contributed by atoms with van der Waals surface area (Å²) in [6, 6.07) is 17.5. The quantitative estimate of drug-likeness (QED) is 0.570. The number of amides is 3. The number of hydrogen-bond acceptors (Lipinski definition) is 4. The zero-order valence-corrected chi connectivity index (χ0v) is 19.2. The van der Waals surface area contributed by atoms with Gasteiger partial charge in [0.05, 0.1) is 17.5 Å². The van der Waals surface area contributed by atoms with E-state index in [1.807, 2.05) is 62.4 Å². The minimum atomic E-state index is -1.13. The monoisotopic (exact) mass is 451 g/mol. The summed E-state index contributed by atoms with van der Waals surface area (Å²) < 4.78 is 0. The summed E-state index contributed by atoms with van der Waals surface area (Å²) in [7, 11) is 0. The van der Waals surface area contributed by atoms with E-state index in [0.29, 0.717) is 12.2 Å². The van der Waals surface area contributed by atoms with Crippen molar-refractivity contribution in [2.45, 2.75) is 38.3 Å². The van der Waals surface area contributed by atoms with Gasteiger partial charge in [0.25, 0.3) is 0 Å². The Bertz CT molecular complexity index is 1440. The fourth-order valence-electron chi connectivity index (χ4n) is 7.30. The highest BCUT2D eigenvalue weighted by molar-refractivity contribution is 6.28. The molecule has 4 atom stereocenters. The maximum absolute atomic E-state index is 14.3. The van der Waals surface area contributed by atoms with Crippen molar-refractivity contribution in [3.05, 3.63) is 71.3 Å². The number of aryl methyl sites for hydroxylation is 2. The lowest BCUT2D eigenvalue weighted by molar-refractivity contribution is -0.135. The van der Waals surface area contributed by atoms with Crippen molar-refractivity contribution in [2.24, 2.45) is 11.8 Å². The van der Waals surface area contributed by atoms with E-state index in [0.717, 1.165) is 46.0 Å². The molecule has 4 aliphatic rings. The van der Waals surface area contributed by atoms with Crippen LogP contribution in [0.1, 0.15) is 29.5 Å². The smallest absolute Gasteiger partial charge is 0.250 e. The normalized spacial score (nSPS) is 29.8. The molecular formula is C28H25N3O3. The van der Waals surface area contributed by atoms with E-state index in [-0.39, 0.29) is 23.8 Å². The summed E-state index contributed by atoms with van der Waals surface area (Å²) in [6.07, 6.45) is 1.73. The summed E-state index contributed by atoms with van der Waals surface area (Å²) in [4.78, 5) is 45.7. The molecule has 170 valence electrons. The van der Waals surface area contributed by atoms with Crippen LogP contribution in [0.25, 0.3) is 10.8 Å². The van der Waals surface area contributed by atoms with E-state index in [9.17, 15) is 14.4 Å². The van der Waals surface area contributed by atoms with Gasteiger partial charge in [-0.2, -0.15) is 0 Å². The largest absolute Gasteiger partial charge is 0.324 e. The van der Waals surface area contributed by atoms with Crippen LogP contribution in [0.2, 0.25) is 0 Å². The SMILES string of the molecule is Cc1cc(C)c2c(c1)C1(C(=O)N2)C2C(=O)N(c3cccc4ccccc34)C(=O)C2C2CCCN21. The molecule has 3 aromatic rings. The Hall–Kier alpha value is -3.51. The zero-order valence-electron chi connectivity index (χ0n) is 19.2. The topological polar surface area (TPSA) is 69.7 Å². The Morgan fingerprint density at radius 3 is 2.62 bits per heavy atom. The molecule has 6 heteroatoms. The standard InChI is InChI=1S/C28H25N3O3/c1-15-13-16(2)24-19(14-15)28(27(34)29-24)23-22(21-11-6-12-30(21)28)25(32)31(26(23)33)20-10-5-8-17-7-3-4-9-18(17)20/h3-5,7-10,13-14,21-23H,6,11-12H2,1-2H3,(H,29,34). The molecule has 3 aromatic carbocycles. The van der Waals surface area contributed by atoms with Crippen molar-refractivity contribution < 1.29 is 14.4 Å². The second-order valence-corrected chi connectivity index (χ2v) is 10.1. The highest BCUT2D eigenvalue weighted by atomic mass is 16.2. The molecule has 0 saturated carbocycles. The van der Waals surface area contributed by atoms with Crippen LogP contribution in [0, 0.1) is 25.7 Å². The fourth-order valence-corrected chi connectivity index (χ4v) is 7.30. The number of nitrogens with zero attached hydrogens (tertiary/aromatic N) is 2. The van der Waals surface area contributed by atoms with Gasteiger partial charge in [-0.3, -0.25) is 19.3 Å². The van der Waals surface area contributed by atoms with Crippen LogP contribution in [0.5, 0.6) is 0 Å². The highest BCUT2D eigenvalue weighted by Gasteiger charge is 2.74. The van der Waals surface area contributed by atoms with Crippen molar-refractivity contribution in [2.75, 3.05) is 16.8 Å². The molecule has 4 heterocycles. The molecule has 0 aromatic heterocycles. The number of imide groups is 1. The van der Waals surface area contributed by atoms with Gasteiger partial charge in [-0.25, -0.2) is 4.90 Å². The maximum atomic E-state index is 14.3. The molecule has 7 rings (SSSR count). The molecule has 3 amide bonds. The maximum Gasteiger partial charge on any atom is 0.250 e. The lowest BCUT2D eigenvalue weighted by Crippen LogP contribution is -2.54. The summed E-state index contributed by atoms with van der Waals surface area (Å²) in [6.45, 7) is 4.72. The summed E-state index contributed by atoms with van der Waals surface area (Å²) >= 11 is 0. The highest BCUT2D eigenvalue weighted by Crippen LogP contribution is 2.61. The summed E-state index contributed by atoms with van der Waals surface area (Å²) in [5, 5.41) is 4.95. The molecule has 0 radical (unpaired) electrons. The van der Waals surface area contributed by atoms with Crippen LogP contribution in [0.4, 0.5) is 11.4 Å². The van der Waals surface area contributed by atoms with E-state index in [2.05, 4.69) is 16.3 Å². The number of nitrogens with one attached hydrogen (secondary N) is 1. The predicted octanol–water partition coefficient (Wildman–Crippen LogP) is 3.89. The van der Waals surface area contributed by atoms with Gasteiger partial charge in [0.1, 0.15) is 5.54 Å². The van der Waals surface area contributed by atoms with Gasteiger partial charge in [-0.15, -0.1) is 0 Å². The first-order chi connectivity index (χ1) is 16.4. The summed E-state index contributed by atoms with van der Waals surface area (Å²) in [5.74, 6) is -1.86. The Morgan fingerprint density at radius 1 is 0.971 bits per heavy atom. The number of fused-ring (bicyclic) bond motifs is 8. The first-order valence-electron chi connectivity index (χ1n) is 12.0. The van der Waals surface area contributed by atoms with Gasteiger partial charge in [-0.1, -0.05) is 54.1 Å². The van der Waals surface area contributed by atoms with E-state index < -0.39 is 17.4 Å². The second kappa shape index (κ2) is 6.54. The molecule has 1 N–H and O–H groups in total. The van der Waals surface area contributed by atoms with Crippen molar-refractivity contribution in [3.63, 3.8) is 0 Å². The minimum Gasteiger partial charge on any atom is -0.324 e. The predicted molar refractivity (Wildman–Crippen MR) is 129 cm³/mol. The first-order valence-corrected chi connectivity index (χ1v) is 12.0. The third-order valence-electron chi connectivity index (χ3n) is 8.45. The molecule has 6 nitrogen and oxygen atoms in total. The molecule has 0 bridgehead atoms. The fraction of sp³-hybridized carbons (Fsp3) is 0.321. The molecule has 4 aliphatic heterocycles. The van der Waals surface area contributed by atoms with Crippen LogP contribution in [0.15, 0.2) is 54.6 Å². The average Bonchev–Trinajstić information content (AvgIpc) is 3.53. The van der Waals surface area contributed by atoms with E-state index >= 15 is 0 Å². The zero-order chi connectivity index (χ0) is 23.4. The number of carbonyl (C=O) groups excluding carboxylic acids is 3. The lowest BCUT2D eigenvalue weighted by Gasteiger charge is -2.37. The van der Waals surface area contributed by atoms with Gasteiger partial charge < -0.3 is 5.32 Å². The molecule has 0 aliphatic carbocycles. The third-order valence-corrected chi connectivity index (χ3v) is 8.45. The van der Waals surface area contributed by atoms with Crippen molar-refractivity contribution in [3.8, 4) is 0 Å². The van der Waals surface area contributed by atoms with Gasteiger partial charge in [0.2, 0.25) is 17.7 Å². The third kappa shape index (κ3) is 2.18. The molecule has 3 fully saturated rings. The lowest BCUT2D eigenvalue weighted by atomic mass is 9.75. The van der Waals surface area contributed by atoms with E-state index in [1.54, 1.807) is 0 Å². The van der Waals surface area contributed by atoms with E-state index in [4.69, 9.17) is 0 Å². The summed E-state index contributed by atoms with van der Waals surface area (Å²) in [5.41, 5.74) is 3.17. The Kier molecular flexibility index (Phi) is 3.83. The van der Waals surface area contributed by atoms with Crippen LogP contribution in [-0.2, 0) is 19.9 Å². The number of carbonyl (C=O) groups is 3. The number of hydrogen-bond donors (Lipinski definition) is 1. The molecule has 1 spiro atoms. The van der Waals surface area contributed by atoms with Gasteiger partial charge in [0, 0.05) is 22.7 Å². The average molecular weight is 452 g/mol. The van der Waals surface area contributed by atoms with Gasteiger partial charge in [-0.05, 0) is 50.2 Å². The minimum absolute atomic E-state index is 0.112. The Morgan fingerprint density at radius 2 is 1.76 bits per heavy atom. The van der Waals surface area contributed by atoms with Crippen LogP contribution in [-0.4, -0.2) is 35.2 Å². The molecule has 34 heavy (non-hydrogen) atoms. The number of anilines is 2. The van der Waals surface area contributed by atoms with Crippen LogP contribution >= 0.6 is 0 Å². The Balaban J connectivity index is 1.47. The van der Waals surface area contributed by atoms with Crippen molar-refractivity contribution in [1.82, 2.24) is 4.90 Å². The number of rotatable bonds is 1. The molecule has 4 unspecified atom stereocenters. The second-order valence-electron chi connectivity index (χ2n) is 10.1. The van der Waals surface area contributed by atoms with Crippen LogP contribution in [0.3, 0.4) is 0 Å². The van der Waals surface area contributed by atoms with Crippen molar-refractivity contribution >= 4 is 39.9 Å². The molecular weight excluding hydrogens is 426 g/mol. The Labute approximate surface area is 197 Å². The number of benzene rings is 3. The van der Waals surface area contributed by atoms with Gasteiger partial charge in [0.15, 0.2) is 0 Å². The molecule has 3 saturated heterocycles.